The van der Waals surface area contributed by atoms with E-state index in [4.69, 9.17) is 11.6 Å². The Labute approximate surface area is 127 Å². The van der Waals surface area contributed by atoms with E-state index < -0.39 is 11.7 Å². The second-order valence-corrected chi connectivity index (χ2v) is 5.21. The molecule has 2 N–H and O–H groups in total. The molecule has 5 nitrogen and oxygen atoms in total. The van der Waals surface area contributed by atoms with Crippen LogP contribution >= 0.6 is 11.6 Å². The molecule has 2 amide bonds. The third-order valence-corrected chi connectivity index (χ3v) is 2.74. The second kappa shape index (κ2) is 8.36. The molecule has 0 spiro atoms. The average Bonchev–Trinajstić information content (AvgIpc) is 2.40. The van der Waals surface area contributed by atoms with E-state index in [9.17, 15) is 14.0 Å². The zero-order valence-electron chi connectivity index (χ0n) is 11.8. The van der Waals surface area contributed by atoms with E-state index in [1.807, 2.05) is 13.8 Å². The number of hydrogen-bond donors (Lipinski definition) is 2. The van der Waals surface area contributed by atoms with Crippen LogP contribution in [0.5, 0.6) is 0 Å². The van der Waals surface area contributed by atoms with Gasteiger partial charge >= 0.3 is 0 Å². The van der Waals surface area contributed by atoms with Crippen molar-refractivity contribution >= 4 is 29.6 Å². The third-order valence-electron chi connectivity index (χ3n) is 2.41. The Morgan fingerprint density at radius 1 is 1.38 bits per heavy atom. The van der Waals surface area contributed by atoms with Crippen molar-refractivity contribution in [2.45, 2.75) is 20.3 Å². The minimum absolute atomic E-state index is 0.0729. The van der Waals surface area contributed by atoms with Crippen LogP contribution in [0.25, 0.3) is 0 Å². The van der Waals surface area contributed by atoms with Crippen LogP contribution in [0.3, 0.4) is 0 Å². The predicted molar refractivity (Wildman–Crippen MR) is 79.6 cm³/mol. The number of rotatable bonds is 6. The summed E-state index contributed by atoms with van der Waals surface area (Å²) in [6, 6.07) is 4.20. The predicted octanol–water partition coefficient (Wildman–Crippen LogP) is 2.09. The molecule has 7 heteroatoms. The van der Waals surface area contributed by atoms with Gasteiger partial charge in [0.25, 0.3) is 0 Å². The molecule has 0 saturated carbocycles. The fourth-order valence-corrected chi connectivity index (χ4v) is 1.58. The van der Waals surface area contributed by atoms with Gasteiger partial charge in [-0.05, 0) is 18.1 Å². The fourth-order valence-electron chi connectivity index (χ4n) is 1.37. The molecule has 0 bridgehead atoms. The number of nitrogens with one attached hydrogen (secondary N) is 2. The van der Waals surface area contributed by atoms with Gasteiger partial charge in [0, 0.05) is 12.1 Å². The van der Waals surface area contributed by atoms with Gasteiger partial charge in [0.2, 0.25) is 11.8 Å². The van der Waals surface area contributed by atoms with Gasteiger partial charge in [-0.15, -0.1) is 0 Å². The number of hydrazone groups is 1. The first-order valence-electron chi connectivity index (χ1n) is 6.42. The maximum atomic E-state index is 13.4. The summed E-state index contributed by atoms with van der Waals surface area (Å²) in [6.45, 7) is 4.39. The molecule has 0 radical (unpaired) electrons. The first-order chi connectivity index (χ1) is 9.90. The minimum Gasteiger partial charge on any atom is -0.355 e. The summed E-state index contributed by atoms with van der Waals surface area (Å²) in [5.74, 6) is -1.21. The number of benzene rings is 1. The van der Waals surface area contributed by atoms with Crippen LogP contribution in [0, 0.1) is 11.7 Å². The highest BCUT2D eigenvalue weighted by molar-refractivity contribution is 6.33. The molecular weight excluding hydrogens is 297 g/mol. The monoisotopic (exact) mass is 313 g/mol. The first kappa shape index (κ1) is 17.1. The van der Waals surface area contributed by atoms with E-state index >= 15 is 0 Å². The smallest absolute Gasteiger partial charge is 0.249 e. The molecule has 0 aliphatic carbocycles. The highest BCUT2D eigenvalue weighted by Gasteiger charge is 2.09. The van der Waals surface area contributed by atoms with Crippen LogP contribution in [0.2, 0.25) is 5.02 Å². The Bertz CT molecular complexity index is 527. The normalized spacial score (nSPS) is 10.9. The number of nitrogens with zero attached hydrogens (tertiary/aromatic N) is 1. The molecule has 0 fully saturated rings. The van der Waals surface area contributed by atoms with Gasteiger partial charge in [-0.3, -0.25) is 9.59 Å². The topological polar surface area (TPSA) is 70.6 Å². The van der Waals surface area contributed by atoms with Gasteiger partial charge in [0.1, 0.15) is 12.2 Å². The molecule has 1 rings (SSSR count). The Hall–Kier alpha value is -1.95. The summed E-state index contributed by atoms with van der Waals surface area (Å²) in [5.41, 5.74) is 2.22. The Morgan fingerprint density at radius 3 is 2.71 bits per heavy atom. The van der Waals surface area contributed by atoms with Crippen LogP contribution in [-0.4, -0.2) is 24.6 Å². The van der Waals surface area contributed by atoms with Gasteiger partial charge in [-0.1, -0.05) is 31.5 Å². The molecule has 114 valence electrons. The van der Waals surface area contributed by atoms with Crippen molar-refractivity contribution in [1.82, 2.24) is 10.7 Å². The van der Waals surface area contributed by atoms with Crippen molar-refractivity contribution in [3.05, 3.63) is 34.6 Å². The van der Waals surface area contributed by atoms with Crippen LogP contribution in [0.4, 0.5) is 4.39 Å². The fraction of sp³-hybridized carbons (Fsp3) is 0.357. The van der Waals surface area contributed by atoms with E-state index in [2.05, 4.69) is 15.8 Å². The van der Waals surface area contributed by atoms with Crippen molar-refractivity contribution in [1.29, 1.82) is 0 Å². The molecule has 21 heavy (non-hydrogen) atoms. The highest BCUT2D eigenvalue weighted by Crippen LogP contribution is 2.16. The lowest BCUT2D eigenvalue weighted by molar-refractivity contribution is -0.129. The highest BCUT2D eigenvalue weighted by atomic mass is 35.5. The van der Waals surface area contributed by atoms with Crippen LogP contribution < -0.4 is 10.7 Å². The molecule has 0 aromatic heterocycles. The molecule has 1 aromatic carbocycles. The largest absolute Gasteiger partial charge is 0.355 e. The molecule has 1 aromatic rings. The maximum absolute atomic E-state index is 13.4. The minimum atomic E-state index is -0.583. The van der Waals surface area contributed by atoms with Gasteiger partial charge in [-0.25, -0.2) is 9.82 Å². The van der Waals surface area contributed by atoms with E-state index in [1.54, 1.807) is 0 Å². The van der Waals surface area contributed by atoms with Crippen LogP contribution in [0.1, 0.15) is 25.8 Å². The summed E-state index contributed by atoms with van der Waals surface area (Å²) in [6.07, 6.45) is 0.761. The summed E-state index contributed by atoms with van der Waals surface area (Å²) in [4.78, 5) is 22.8. The molecule has 0 heterocycles. The number of carbonyl (C=O) groups is 2. The van der Waals surface area contributed by atoms with Crippen LogP contribution in [0.15, 0.2) is 23.3 Å². The molecule has 0 unspecified atom stereocenters. The summed E-state index contributed by atoms with van der Waals surface area (Å²) in [5, 5.41) is 6.37. The maximum Gasteiger partial charge on any atom is 0.249 e. The summed E-state index contributed by atoms with van der Waals surface area (Å²) >= 11 is 5.79. The van der Waals surface area contributed by atoms with Crippen molar-refractivity contribution in [2.24, 2.45) is 11.0 Å². The standard InChI is InChI=1S/C14H17ClFN3O2/c1-9(2)7-17-13(20)6-14(21)19-18-8-10-11(15)4-3-5-12(10)16/h3-5,8-9H,6-7H2,1-2H3,(H,17,20)(H,19,21)/b18-8-. The molecule has 0 atom stereocenters. The second-order valence-electron chi connectivity index (χ2n) is 4.80. The van der Waals surface area contributed by atoms with Crippen molar-refractivity contribution in [2.75, 3.05) is 6.54 Å². The number of amides is 2. The molecule has 0 aliphatic heterocycles. The SMILES string of the molecule is CC(C)CNC(=O)CC(=O)N/N=C\c1c(F)cccc1Cl. The number of carbonyl (C=O) groups excluding carboxylic acids is 2. The Balaban J connectivity index is 2.46. The van der Waals surface area contributed by atoms with E-state index in [-0.39, 0.29) is 22.9 Å². The lowest BCUT2D eigenvalue weighted by Gasteiger charge is -2.06. The summed E-state index contributed by atoms with van der Waals surface area (Å²) in [7, 11) is 0. The van der Waals surface area contributed by atoms with E-state index in [0.29, 0.717) is 12.5 Å². The van der Waals surface area contributed by atoms with Gasteiger partial charge in [0.05, 0.1) is 11.2 Å². The van der Waals surface area contributed by atoms with Crippen LogP contribution in [-0.2, 0) is 9.59 Å². The lowest BCUT2D eigenvalue weighted by atomic mass is 10.2. The molecule has 0 saturated heterocycles. The van der Waals surface area contributed by atoms with Gasteiger partial charge in [0.15, 0.2) is 0 Å². The average molecular weight is 314 g/mol. The summed E-state index contributed by atoms with van der Waals surface area (Å²) < 4.78 is 13.4. The quantitative estimate of drug-likeness (QED) is 0.479. The van der Waals surface area contributed by atoms with E-state index in [1.165, 1.54) is 18.2 Å². The number of hydrogen-bond acceptors (Lipinski definition) is 3. The first-order valence-corrected chi connectivity index (χ1v) is 6.80. The van der Waals surface area contributed by atoms with Gasteiger partial charge in [-0.2, -0.15) is 5.10 Å². The van der Waals surface area contributed by atoms with E-state index in [0.717, 1.165) is 6.21 Å². The zero-order chi connectivity index (χ0) is 15.8. The Kier molecular flexibility index (Phi) is 6.81. The molecule has 0 aliphatic rings. The third kappa shape index (κ3) is 6.35. The van der Waals surface area contributed by atoms with Crippen molar-refractivity contribution < 1.29 is 14.0 Å². The van der Waals surface area contributed by atoms with Gasteiger partial charge < -0.3 is 5.32 Å². The zero-order valence-corrected chi connectivity index (χ0v) is 12.6. The lowest BCUT2D eigenvalue weighted by Crippen LogP contribution is -2.32. The van der Waals surface area contributed by atoms with Crippen molar-refractivity contribution in [3.63, 3.8) is 0 Å². The number of halogens is 2. The Morgan fingerprint density at radius 2 is 2.10 bits per heavy atom. The molecular formula is C14H17ClFN3O2. The van der Waals surface area contributed by atoms with Crippen molar-refractivity contribution in [3.8, 4) is 0 Å².